The molecule has 3 N–H and O–H groups in total. The van der Waals surface area contributed by atoms with E-state index in [0.29, 0.717) is 0 Å². The Labute approximate surface area is 119 Å². The highest BCUT2D eigenvalue weighted by molar-refractivity contribution is 5.38. The second kappa shape index (κ2) is 6.55. The average molecular weight is 271 g/mol. The van der Waals surface area contributed by atoms with E-state index in [0.717, 1.165) is 16.7 Å². The van der Waals surface area contributed by atoms with E-state index in [1.54, 1.807) is 6.07 Å². The fraction of sp³-hybridized carbons (Fsp3) is 0.294. The van der Waals surface area contributed by atoms with Crippen molar-refractivity contribution in [1.82, 2.24) is 5.32 Å². The Kier molecular flexibility index (Phi) is 4.77. The van der Waals surface area contributed by atoms with Gasteiger partial charge in [0.1, 0.15) is 5.75 Å². The number of hydrogen-bond donors (Lipinski definition) is 3. The van der Waals surface area contributed by atoms with Crippen LogP contribution in [0.3, 0.4) is 0 Å². The lowest BCUT2D eigenvalue weighted by atomic mass is 10.0. The minimum Gasteiger partial charge on any atom is -0.508 e. The van der Waals surface area contributed by atoms with Gasteiger partial charge in [0.2, 0.25) is 0 Å². The summed E-state index contributed by atoms with van der Waals surface area (Å²) in [6, 6.07) is 15.3. The monoisotopic (exact) mass is 271 g/mol. The van der Waals surface area contributed by atoms with Crippen molar-refractivity contribution in [1.29, 1.82) is 0 Å². The molecule has 0 aliphatic rings. The topological polar surface area (TPSA) is 52.5 Å². The molecule has 0 aliphatic carbocycles. The SMILES string of the molecule is Cc1ccc(C(C)NC(CO)c2ccccc2)c(O)c1. The fourth-order valence-electron chi connectivity index (χ4n) is 2.35. The summed E-state index contributed by atoms with van der Waals surface area (Å²) in [5.41, 5.74) is 2.90. The minimum absolute atomic E-state index is 0.0149. The lowest BCUT2D eigenvalue weighted by Gasteiger charge is -2.23. The molecule has 3 heteroatoms. The van der Waals surface area contributed by atoms with Crippen LogP contribution in [0.5, 0.6) is 5.75 Å². The minimum atomic E-state index is -0.146. The van der Waals surface area contributed by atoms with Crippen LogP contribution in [0.25, 0.3) is 0 Å². The molecule has 0 spiro atoms. The molecule has 3 nitrogen and oxygen atoms in total. The van der Waals surface area contributed by atoms with Crippen molar-refractivity contribution < 1.29 is 10.2 Å². The van der Waals surface area contributed by atoms with Crippen molar-refractivity contribution >= 4 is 0 Å². The first-order chi connectivity index (χ1) is 9.61. The highest BCUT2D eigenvalue weighted by atomic mass is 16.3. The first-order valence-electron chi connectivity index (χ1n) is 6.83. The summed E-state index contributed by atoms with van der Waals surface area (Å²) in [7, 11) is 0. The molecule has 0 aromatic heterocycles. The second-order valence-electron chi connectivity index (χ2n) is 5.10. The van der Waals surface area contributed by atoms with Gasteiger partial charge in [-0.25, -0.2) is 0 Å². The van der Waals surface area contributed by atoms with Crippen LogP contribution in [0, 0.1) is 6.92 Å². The summed E-state index contributed by atoms with van der Waals surface area (Å²) in [6.07, 6.45) is 0. The smallest absolute Gasteiger partial charge is 0.120 e. The van der Waals surface area contributed by atoms with Gasteiger partial charge >= 0.3 is 0 Å². The molecule has 106 valence electrons. The molecule has 2 rings (SSSR count). The van der Waals surface area contributed by atoms with Crippen molar-refractivity contribution in [3.8, 4) is 5.75 Å². The molecular weight excluding hydrogens is 250 g/mol. The van der Waals surface area contributed by atoms with E-state index in [1.165, 1.54) is 0 Å². The van der Waals surface area contributed by atoms with E-state index < -0.39 is 0 Å². The predicted octanol–water partition coefficient (Wildman–Crippen LogP) is 3.08. The van der Waals surface area contributed by atoms with Crippen molar-refractivity contribution in [3.63, 3.8) is 0 Å². The molecule has 0 bridgehead atoms. The van der Waals surface area contributed by atoms with Gasteiger partial charge < -0.3 is 15.5 Å². The van der Waals surface area contributed by atoms with Crippen LogP contribution in [-0.4, -0.2) is 16.8 Å². The lowest BCUT2D eigenvalue weighted by molar-refractivity contribution is 0.234. The van der Waals surface area contributed by atoms with Gasteiger partial charge in [0.15, 0.2) is 0 Å². The van der Waals surface area contributed by atoms with E-state index in [-0.39, 0.29) is 24.4 Å². The molecule has 0 heterocycles. The molecule has 0 amide bonds. The van der Waals surface area contributed by atoms with Crippen molar-refractivity contribution in [3.05, 3.63) is 65.2 Å². The Morgan fingerprint density at radius 3 is 2.40 bits per heavy atom. The van der Waals surface area contributed by atoms with Crippen LogP contribution in [0.1, 0.15) is 35.7 Å². The maximum absolute atomic E-state index is 10.0. The van der Waals surface area contributed by atoms with Gasteiger partial charge in [-0.15, -0.1) is 0 Å². The van der Waals surface area contributed by atoms with E-state index in [4.69, 9.17) is 0 Å². The molecule has 0 radical (unpaired) electrons. The van der Waals surface area contributed by atoms with Crippen LogP contribution in [-0.2, 0) is 0 Å². The first kappa shape index (κ1) is 14.6. The molecule has 0 saturated heterocycles. The third-order valence-electron chi connectivity index (χ3n) is 3.49. The standard InChI is InChI=1S/C17H21NO2/c1-12-8-9-15(17(20)10-12)13(2)18-16(11-19)14-6-4-3-5-7-14/h3-10,13,16,18-20H,11H2,1-2H3. The third-order valence-corrected chi connectivity index (χ3v) is 3.49. The van der Waals surface area contributed by atoms with E-state index >= 15 is 0 Å². The van der Waals surface area contributed by atoms with Crippen LogP contribution in [0.4, 0.5) is 0 Å². The Morgan fingerprint density at radius 1 is 1.10 bits per heavy atom. The summed E-state index contributed by atoms with van der Waals surface area (Å²) in [5.74, 6) is 0.287. The summed E-state index contributed by atoms with van der Waals surface area (Å²) >= 11 is 0. The van der Waals surface area contributed by atoms with Gasteiger partial charge in [-0.3, -0.25) is 0 Å². The highest BCUT2D eigenvalue weighted by Crippen LogP contribution is 2.27. The maximum atomic E-state index is 10.0. The van der Waals surface area contributed by atoms with Crippen LogP contribution in [0.2, 0.25) is 0 Å². The quantitative estimate of drug-likeness (QED) is 0.783. The number of aryl methyl sites for hydroxylation is 1. The number of aliphatic hydroxyl groups is 1. The van der Waals surface area contributed by atoms with Gasteiger partial charge in [0, 0.05) is 11.6 Å². The zero-order chi connectivity index (χ0) is 14.5. The van der Waals surface area contributed by atoms with E-state index in [2.05, 4.69) is 5.32 Å². The maximum Gasteiger partial charge on any atom is 0.120 e. The second-order valence-corrected chi connectivity index (χ2v) is 5.10. The molecule has 0 saturated carbocycles. The third kappa shape index (κ3) is 3.38. The van der Waals surface area contributed by atoms with Crippen LogP contribution in [0.15, 0.2) is 48.5 Å². The molecule has 2 atom stereocenters. The molecule has 20 heavy (non-hydrogen) atoms. The van der Waals surface area contributed by atoms with E-state index in [9.17, 15) is 10.2 Å². The Bertz CT molecular complexity index is 554. The summed E-state index contributed by atoms with van der Waals surface area (Å²) < 4.78 is 0. The largest absolute Gasteiger partial charge is 0.508 e. The zero-order valence-electron chi connectivity index (χ0n) is 11.9. The molecule has 0 fully saturated rings. The van der Waals surface area contributed by atoms with Crippen molar-refractivity contribution in [2.24, 2.45) is 0 Å². The summed E-state index contributed by atoms with van der Waals surface area (Å²) in [5, 5.41) is 22.9. The molecule has 0 aliphatic heterocycles. The average Bonchev–Trinajstić information content (AvgIpc) is 2.45. The normalized spacial score (nSPS) is 13.9. The molecular formula is C17H21NO2. The number of aliphatic hydroxyl groups excluding tert-OH is 1. The van der Waals surface area contributed by atoms with Gasteiger partial charge in [0.25, 0.3) is 0 Å². The van der Waals surface area contributed by atoms with Gasteiger partial charge in [-0.1, -0.05) is 42.5 Å². The Balaban J connectivity index is 2.15. The highest BCUT2D eigenvalue weighted by Gasteiger charge is 2.16. The molecule has 2 aromatic rings. The van der Waals surface area contributed by atoms with Gasteiger partial charge in [-0.2, -0.15) is 0 Å². The van der Waals surface area contributed by atoms with Crippen LogP contribution >= 0.6 is 0 Å². The van der Waals surface area contributed by atoms with Crippen molar-refractivity contribution in [2.75, 3.05) is 6.61 Å². The number of phenols is 1. The number of nitrogens with one attached hydrogen (secondary N) is 1. The number of hydrogen-bond acceptors (Lipinski definition) is 3. The Hall–Kier alpha value is -1.84. The summed E-state index contributed by atoms with van der Waals surface area (Å²) in [4.78, 5) is 0. The summed E-state index contributed by atoms with van der Waals surface area (Å²) in [6.45, 7) is 3.94. The number of aromatic hydroxyl groups is 1. The van der Waals surface area contributed by atoms with Crippen LogP contribution < -0.4 is 5.32 Å². The van der Waals surface area contributed by atoms with E-state index in [1.807, 2.05) is 56.3 Å². The van der Waals surface area contributed by atoms with Crippen molar-refractivity contribution in [2.45, 2.75) is 25.9 Å². The van der Waals surface area contributed by atoms with Gasteiger partial charge in [0.05, 0.1) is 12.6 Å². The molecule has 2 unspecified atom stereocenters. The number of phenolic OH excluding ortho intramolecular Hbond substituents is 1. The fourth-order valence-corrected chi connectivity index (χ4v) is 2.35. The zero-order valence-corrected chi connectivity index (χ0v) is 11.9. The lowest BCUT2D eigenvalue weighted by Crippen LogP contribution is -2.27. The molecule has 2 aromatic carbocycles. The Morgan fingerprint density at radius 2 is 1.80 bits per heavy atom. The first-order valence-corrected chi connectivity index (χ1v) is 6.83. The van der Waals surface area contributed by atoms with Gasteiger partial charge in [-0.05, 0) is 31.0 Å². The predicted molar refractivity (Wildman–Crippen MR) is 80.7 cm³/mol. The number of benzene rings is 2. The number of rotatable bonds is 5.